The summed E-state index contributed by atoms with van der Waals surface area (Å²) < 4.78 is 36.3. The lowest BCUT2D eigenvalue weighted by Crippen LogP contribution is -2.41. The normalized spacial score (nSPS) is 17.0. The zero-order valence-corrected chi connectivity index (χ0v) is 14.5. The van der Waals surface area contributed by atoms with E-state index in [1.807, 2.05) is 13.8 Å². The van der Waals surface area contributed by atoms with Crippen molar-refractivity contribution in [2.24, 2.45) is 0 Å². The van der Waals surface area contributed by atoms with Gasteiger partial charge in [-0.25, -0.2) is 4.79 Å². The molecule has 0 aliphatic carbocycles. The fourth-order valence-corrected chi connectivity index (χ4v) is 2.61. The number of nitrogens with zero attached hydrogens (tertiary/aromatic N) is 2. The van der Waals surface area contributed by atoms with Crippen LogP contribution in [-0.2, 0) is 11.0 Å². The molecule has 1 atom stereocenters. The van der Waals surface area contributed by atoms with Gasteiger partial charge in [0.1, 0.15) is 11.6 Å². The Labute approximate surface area is 148 Å². The van der Waals surface area contributed by atoms with Crippen molar-refractivity contribution in [1.82, 2.24) is 10.2 Å². The molecule has 144 valence electrons. The second-order valence-corrected chi connectivity index (χ2v) is 5.62. The Morgan fingerprint density at radius 2 is 1.77 bits per heavy atom. The van der Waals surface area contributed by atoms with E-state index in [0.29, 0.717) is 6.07 Å². The smallest absolute Gasteiger partial charge is 0.310 e. The first kappa shape index (κ1) is 21.4. The van der Waals surface area contributed by atoms with E-state index in [2.05, 4.69) is 5.32 Å². The SMILES string of the molecule is CCC(CC)N1C(=O)NC(=O)[C@@H]1C.O=[N+]([O-])c1ccccc1C(F)(F)F. The van der Waals surface area contributed by atoms with Gasteiger partial charge in [0.15, 0.2) is 0 Å². The van der Waals surface area contributed by atoms with Crippen LogP contribution < -0.4 is 5.32 Å². The molecule has 1 aliphatic rings. The number of rotatable bonds is 4. The summed E-state index contributed by atoms with van der Waals surface area (Å²) >= 11 is 0. The van der Waals surface area contributed by atoms with Crippen LogP contribution >= 0.6 is 0 Å². The van der Waals surface area contributed by atoms with E-state index in [9.17, 15) is 32.9 Å². The van der Waals surface area contributed by atoms with E-state index >= 15 is 0 Å². The molecule has 0 aromatic heterocycles. The minimum Gasteiger partial charge on any atom is -0.310 e. The molecule has 1 N–H and O–H groups in total. The van der Waals surface area contributed by atoms with E-state index in [1.165, 1.54) is 6.07 Å². The number of carbonyl (C=O) groups excluding carboxylic acids is 2. The Balaban J connectivity index is 0.000000260. The van der Waals surface area contributed by atoms with Gasteiger partial charge in [-0.2, -0.15) is 13.2 Å². The number of nitrogens with one attached hydrogen (secondary N) is 1. The first-order valence-corrected chi connectivity index (χ1v) is 7.98. The fraction of sp³-hybridized carbons (Fsp3) is 0.500. The largest absolute Gasteiger partial charge is 0.422 e. The summed E-state index contributed by atoms with van der Waals surface area (Å²) in [5.74, 6) is -0.183. The lowest BCUT2D eigenvalue weighted by molar-refractivity contribution is -0.388. The van der Waals surface area contributed by atoms with Crippen LogP contribution in [0.1, 0.15) is 39.2 Å². The van der Waals surface area contributed by atoms with Crippen molar-refractivity contribution in [1.29, 1.82) is 0 Å². The molecule has 1 fully saturated rings. The summed E-state index contributed by atoms with van der Waals surface area (Å²) in [6.07, 6.45) is -2.90. The Bertz CT molecular complexity index is 675. The summed E-state index contributed by atoms with van der Waals surface area (Å²) in [7, 11) is 0. The van der Waals surface area contributed by atoms with Crippen molar-refractivity contribution in [2.75, 3.05) is 0 Å². The van der Waals surface area contributed by atoms with Gasteiger partial charge in [-0.3, -0.25) is 20.2 Å². The number of para-hydroxylation sites is 1. The van der Waals surface area contributed by atoms with Crippen LogP contribution in [0, 0.1) is 10.1 Å². The van der Waals surface area contributed by atoms with Crippen molar-refractivity contribution in [3.63, 3.8) is 0 Å². The molecule has 1 aromatic carbocycles. The number of hydrogen-bond acceptors (Lipinski definition) is 4. The highest BCUT2D eigenvalue weighted by molar-refractivity contribution is 6.04. The number of hydrogen-bond donors (Lipinski definition) is 1. The van der Waals surface area contributed by atoms with Gasteiger partial charge in [-0.05, 0) is 25.8 Å². The van der Waals surface area contributed by atoms with Crippen molar-refractivity contribution in [3.05, 3.63) is 39.9 Å². The average molecular weight is 375 g/mol. The molecule has 2 rings (SSSR count). The molecule has 26 heavy (non-hydrogen) atoms. The zero-order valence-electron chi connectivity index (χ0n) is 14.5. The molecule has 1 saturated heterocycles. The van der Waals surface area contributed by atoms with Crippen LogP contribution in [0.3, 0.4) is 0 Å². The van der Waals surface area contributed by atoms with Crippen LogP contribution in [0.5, 0.6) is 0 Å². The number of alkyl halides is 3. The van der Waals surface area contributed by atoms with E-state index < -0.39 is 22.4 Å². The Kier molecular flexibility index (Phi) is 7.10. The van der Waals surface area contributed by atoms with Gasteiger partial charge in [0, 0.05) is 12.1 Å². The van der Waals surface area contributed by atoms with Crippen molar-refractivity contribution >= 4 is 17.6 Å². The minimum absolute atomic E-state index is 0.182. The number of nitro groups is 1. The number of urea groups is 1. The maximum Gasteiger partial charge on any atom is 0.422 e. The molecule has 0 saturated carbocycles. The van der Waals surface area contributed by atoms with Crippen LogP contribution in [0.4, 0.5) is 23.7 Å². The van der Waals surface area contributed by atoms with Gasteiger partial charge in [0.25, 0.3) is 11.6 Å². The predicted molar refractivity (Wildman–Crippen MR) is 87.3 cm³/mol. The van der Waals surface area contributed by atoms with Gasteiger partial charge in [-0.1, -0.05) is 26.0 Å². The number of benzene rings is 1. The molecule has 1 aromatic rings. The van der Waals surface area contributed by atoms with Gasteiger partial charge >= 0.3 is 12.2 Å². The molecular formula is C16H20F3N3O4. The van der Waals surface area contributed by atoms with Crippen LogP contribution in [0.25, 0.3) is 0 Å². The third-order valence-corrected chi connectivity index (χ3v) is 4.00. The first-order valence-electron chi connectivity index (χ1n) is 7.98. The summed E-state index contributed by atoms with van der Waals surface area (Å²) in [4.78, 5) is 33.3. The molecule has 10 heteroatoms. The summed E-state index contributed by atoms with van der Waals surface area (Å²) in [5.41, 5.74) is -2.14. The third-order valence-electron chi connectivity index (χ3n) is 4.00. The topological polar surface area (TPSA) is 92.6 Å². The second-order valence-electron chi connectivity index (χ2n) is 5.62. The number of carbonyl (C=O) groups is 2. The van der Waals surface area contributed by atoms with Crippen LogP contribution in [0.15, 0.2) is 24.3 Å². The molecule has 0 unspecified atom stereocenters. The van der Waals surface area contributed by atoms with E-state index in [4.69, 9.17) is 0 Å². The monoisotopic (exact) mass is 375 g/mol. The lowest BCUT2D eigenvalue weighted by atomic mass is 10.1. The number of amides is 3. The molecular weight excluding hydrogens is 355 g/mol. The Morgan fingerprint density at radius 3 is 2.12 bits per heavy atom. The number of halogens is 3. The fourth-order valence-electron chi connectivity index (χ4n) is 2.61. The standard InChI is InChI=1S/C9H16N2O2.C7H4F3NO2/c1-4-7(5-2)11-6(3)8(12)10-9(11)13;8-7(9,10)5-3-1-2-4-6(5)11(12)13/h6-7H,4-5H2,1-3H3,(H,10,12,13);1-4H/t6-;/m0./s1. The van der Waals surface area contributed by atoms with E-state index in [-0.39, 0.29) is 24.0 Å². The maximum absolute atomic E-state index is 12.1. The minimum atomic E-state index is -4.68. The van der Waals surface area contributed by atoms with E-state index in [1.54, 1.807) is 11.8 Å². The average Bonchev–Trinajstić information content (AvgIpc) is 2.82. The van der Waals surface area contributed by atoms with Crippen molar-refractivity contribution < 1.29 is 27.7 Å². The van der Waals surface area contributed by atoms with Crippen LogP contribution in [0.2, 0.25) is 0 Å². The molecule has 0 spiro atoms. The van der Waals surface area contributed by atoms with Gasteiger partial charge in [0.05, 0.1) is 4.92 Å². The van der Waals surface area contributed by atoms with Gasteiger partial charge in [-0.15, -0.1) is 0 Å². The predicted octanol–water partition coefficient (Wildman–Crippen LogP) is 3.73. The third kappa shape index (κ3) is 4.93. The molecule has 0 bridgehead atoms. The highest BCUT2D eigenvalue weighted by Gasteiger charge is 2.38. The number of nitro benzene ring substituents is 1. The highest BCUT2D eigenvalue weighted by Crippen LogP contribution is 2.35. The van der Waals surface area contributed by atoms with Gasteiger partial charge in [0.2, 0.25) is 0 Å². The second kappa shape index (κ2) is 8.63. The highest BCUT2D eigenvalue weighted by atomic mass is 19.4. The lowest BCUT2D eigenvalue weighted by Gasteiger charge is -2.27. The molecule has 1 heterocycles. The number of imide groups is 1. The van der Waals surface area contributed by atoms with Crippen LogP contribution in [-0.4, -0.2) is 33.8 Å². The Morgan fingerprint density at radius 1 is 1.23 bits per heavy atom. The van der Waals surface area contributed by atoms with E-state index in [0.717, 1.165) is 25.0 Å². The molecule has 1 aliphatic heterocycles. The van der Waals surface area contributed by atoms with Gasteiger partial charge < -0.3 is 4.90 Å². The molecule has 3 amide bonds. The quantitative estimate of drug-likeness (QED) is 0.493. The zero-order chi connectivity index (χ0) is 20.1. The molecule has 7 nitrogen and oxygen atoms in total. The van der Waals surface area contributed by atoms with Crippen molar-refractivity contribution in [2.45, 2.75) is 51.9 Å². The summed E-state index contributed by atoms with van der Waals surface area (Å²) in [6.45, 7) is 5.81. The molecule has 0 radical (unpaired) electrons. The Hall–Kier alpha value is -2.65. The first-order chi connectivity index (χ1) is 12.0. The maximum atomic E-state index is 12.1. The summed E-state index contributed by atoms with van der Waals surface area (Å²) in [5, 5.41) is 12.5. The van der Waals surface area contributed by atoms with Crippen molar-refractivity contribution in [3.8, 4) is 0 Å². The summed E-state index contributed by atoms with van der Waals surface area (Å²) in [6, 6.07) is 3.43.